The van der Waals surface area contributed by atoms with Crippen molar-refractivity contribution in [2.24, 2.45) is 11.3 Å². The van der Waals surface area contributed by atoms with Gasteiger partial charge in [-0.3, -0.25) is 0 Å². The van der Waals surface area contributed by atoms with Gasteiger partial charge >= 0.3 is 6.16 Å². The second kappa shape index (κ2) is 3.40. The number of carboxylic acid groups (broad SMARTS) is 1. The van der Waals surface area contributed by atoms with Crippen molar-refractivity contribution in [2.75, 3.05) is 19.7 Å². The van der Waals surface area contributed by atoms with Gasteiger partial charge in [-0.15, -0.1) is 5.06 Å². The average molecular weight is 201 g/mol. The molecule has 0 aromatic heterocycles. The lowest BCUT2D eigenvalue weighted by atomic mass is 9.92. The zero-order valence-corrected chi connectivity index (χ0v) is 7.98. The lowest BCUT2D eigenvalue weighted by molar-refractivity contribution is -0.139. The Balaban J connectivity index is 1.79. The normalized spacial score (nSPS) is 30.2. The summed E-state index contributed by atoms with van der Waals surface area (Å²) >= 11 is 0. The fourth-order valence-electron chi connectivity index (χ4n) is 2.44. The molecule has 14 heavy (non-hydrogen) atoms. The molecule has 2 rings (SSSR count). The number of hydrogen-bond acceptors (Lipinski definition) is 4. The molecule has 0 amide bonds. The van der Waals surface area contributed by atoms with E-state index in [1.54, 1.807) is 0 Å². The summed E-state index contributed by atoms with van der Waals surface area (Å²) in [5.41, 5.74) is 0.299. The summed E-state index contributed by atoms with van der Waals surface area (Å²) in [6, 6.07) is 0. The number of hydrogen-bond donors (Lipinski definition) is 2. The third-order valence-corrected chi connectivity index (χ3v) is 3.50. The second-order valence-corrected chi connectivity index (χ2v) is 4.23. The van der Waals surface area contributed by atoms with Gasteiger partial charge in [0.15, 0.2) is 0 Å². The van der Waals surface area contributed by atoms with E-state index in [0.717, 1.165) is 19.3 Å². The molecular weight excluding hydrogens is 186 g/mol. The van der Waals surface area contributed by atoms with Crippen molar-refractivity contribution >= 4 is 6.16 Å². The standard InChI is InChI=1S/C9H15NO4/c11-6-7-5-9(7)1-3-10(4-2-9)14-8(12)13/h7,11H,1-6H2,(H,12,13). The quantitative estimate of drug-likeness (QED) is 0.687. The van der Waals surface area contributed by atoms with E-state index in [2.05, 4.69) is 4.84 Å². The number of piperidine rings is 1. The molecule has 0 radical (unpaired) electrons. The zero-order chi connectivity index (χ0) is 10.2. The molecule has 1 aliphatic carbocycles. The van der Waals surface area contributed by atoms with Gasteiger partial charge in [-0.2, -0.15) is 0 Å². The first-order valence-electron chi connectivity index (χ1n) is 4.93. The first-order valence-corrected chi connectivity index (χ1v) is 4.93. The van der Waals surface area contributed by atoms with Crippen LogP contribution >= 0.6 is 0 Å². The van der Waals surface area contributed by atoms with Crippen LogP contribution in [0.25, 0.3) is 0 Å². The summed E-state index contributed by atoms with van der Waals surface area (Å²) in [5.74, 6) is 0.439. The fourth-order valence-corrected chi connectivity index (χ4v) is 2.44. The van der Waals surface area contributed by atoms with Crippen LogP contribution in [0.4, 0.5) is 4.79 Å². The smallest absolute Gasteiger partial charge is 0.448 e. The Morgan fingerprint density at radius 1 is 1.50 bits per heavy atom. The highest BCUT2D eigenvalue weighted by molar-refractivity contribution is 5.56. The maximum Gasteiger partial charge on any atom is 0.525 e. The molecule has 5 nitrogen and oxygen atoms in total. The topological polar surface area (TPSA) is 70.0 Å². The minimum atomic E-state index is -1.24. The van der Waals surface area contributed by atoms with Crippen LogP contribution in [0, 0.1) is 11.3 Å². The third kappa shape index (κ3) is 1.69. The lowest BCUT2D eigenvalue weighted by Crippen LogP contribution is -2.36. The van der Waals surface area contributed by atoms with Gasteiger partial charge in [0.1, 0.15) is 0 Å². The summed E-state index contributed by atoms with van der Waals surface area (Å²) in [5, 5.41) is 18.9. The van der Waals surface area contributed by atoms with E-state index in [9.17, 15) is 4.79 Å². The maximum atomic E-state index is 10.3. The predicted octanol–water partition coefficient (Wildman–Crippen LogP) is 0.690. The number of nitrogens with zero attached hydrogens (tertiary/aromatic N) is 1. The van der Waals surface area contributed by atoms with Crippen molar-refractivity contribution in [3.05, 3.63) is 0 Å². The molecule has 2 aliphatic rings. The molecule has 80 valence electrons. The molecule has 2 fully saturated rings. The Kier molecular flexibility index (Phi) is 2.36. The van der Waals surface area contributed by atoms with E-state index in [1.807, 2.05) is 0 Å². The molecule has 0 aromatic rings. The summed E-state index contributed by atoms with van der Waals surface area (Å²) in [4.78, 5) is 14.8. The molecule has 1 spiro atoms. The highest BCUT2D eigenvalue weighted by Crippen LogP contribution is 2.58. The van der Waals surface area contributed by atoms with E-state index in [0.29, 0.717) is 24.4 Å². The summed E-state index contributed by atoms with van der Waals surface area (Å²) in [6.45, 7) is 1.57. The minimum absolute atomic E-state index is 0.264. The summed E-state index contributed by atoms with van der Waals surface area (Å²) in [7, 11) is 0. The van der Waals surface area contributed by atoms with Gasteiger partial charge in [-0.25, -0.2) is 4.79 Å². The fraction of sp³-hybridized carbons (Fsp3) is 0.889. The molecule has 1 heterocycles. The Bertz CT molecular complexity index is 235. The van der Waals surface area contributed by atoms with E-state index in [4.69, 9.17) is 10.2 Å². The van der Waals surface area contributed by atoms with E-state index >= 15 is 0 Å². The van der Waals surface area contributed by atoms with Crippen LogP contribution in [0.5, 0.6) is 0 Å². The molecule has 1 aliphatic heterocycles. The third-order valence-electron chi connectivity index (χ3n) is 3.50. The highest BCUT2D eigenvalue weighted by atomic mass is 16.8. The van der Waals surface area contributed by atoms with Crippen molar-refractivity contribution in [3.63, 3.8) is 0 Å². The Morgan fingerprint density at radius 3 is 2.57 bits per heavy atom. The van der Waals surface area contributed by atoms with Gasteiger partial charge in [0.05, 0.1) is 0 Å². The van der Waals surface area contributed by atoms with E-state index in [1.165, 1.54) is 5.06 Å². The zero-order valence-electron chi connectivity index (χ0n) is 7.98. The van der Waals surface area contributed by atoms with Crippen LogP contribution in [0.2, 0.25) is 0 Å². The monoisotopic (exact) mass is 201 g/mol. The molecule has 0 aromatic carbocycles. The Morgan fingerprint density at radius 2 is 2.14 bits per heavy atom. The number of carbonyl (C=O) groups is 1. The maximum absolute atomic E-state index is 10.3. The Labute approximate surface area is 82.2 Å². The minimum Gasteiger partial charge on any atom is -0.448 e. The Hall–Kier alpha value is -0.810. The second-order valence-electron chi connectivity index (χ2n) is 4.23. The molecular formula is C9H15NO4. The lowest BCUT2D eigenvalue weighted by Gasteiger charge is -2.30. The van der Waals surface area contributed by atoms with E-state index < -0.39 is 6.16 Å². The van der Waals surface area contributed by atoms with Crippen molar-refractivity contribution in [1.82, 2.24) is 5.06 Å². The van der Waals surface area contributed by atoms with Crippen LogP contribution in [-0.2, 0) is 4.84 Å². The average Bonchev–Trinajstić information content (AvgIpc) is 2.83. The number of hydroxylamine groups is 2. The van der Waals surface area contributed by atoms with Gasteiger partial charge in [0.25, 0.3) is 0 Å². The molecule has 1 atom stereocenters. The van der Waals surface area contributed by atoms with Crippen LogP contribution in [-0.4, -0.2) is 41.1 Å². The van der Waals surface area contributed by atoms with E-state index in [-0.39, 0.29) is 6.61 Å². The van der Waals surface area contributed by atoms with Crippen LogP contribution in [0.15, 0.2) is 0 Å². The molecule has 0 bridgehead atoms. The van der Waals surface area contributed by atoms with Gasteiger partial charge < -0.3 is 15.1 Å². The molecule has 1 saturated heterocycles. The summed E-state index contributed by atoms with van der Waals surface area (Å²) in [6.07, 6.45) is 1.72. The first kappa shape index (κ1) is 9.73. The van der Waals surface area contributed by atoms with Gasteiger partial charge in [0, 0.05) is 19.7 Å². The molecule has 1 saturated carbocycles. The summed E-state index contributed by atoms with van der Waals surface area (Å²) < 4.78 is 0. The van der Waals surface area contributed by atoms with Crippen LogP contribution < -0.4 is 0 Å². The largest absolute Gasteiger partial charge is 0.525 e. The number of rotatable bonds is 2. The predicted molar refractivity (Wildman–Crippen MR) is 47.5 cm³/mol. The van der Waals surface area contributed by atoms with Crippen LogP contribution in [0.1, 0.15) is 19.3 Å². The molecule has 5 heteroatoms. The number of aliphatic hydroxyl groups is 1. The van der Waals surface area contributed by atoms with Gasteiger partial charge in [-0.1, -0.05) is 0 Å². The van der Waals surface area contributed by atoms with Crippen molar-refractivity contribution < 1.29 is 19.8 Å². The highest BCUT2D eigenvalue weighted by Gasteiger charge is 2.54. The molecule has 1 unspecified atom stereocenters. The van der Waals surface area contributed by atoms with Gasteiger partial charge in [-0.05, 0) is 30.6 Å². The SMILES string of the molecule is O=C(O)ON1CCC2(CC1)CC2CO. The van der Waals surface area contributed by atoms with Crippen LogP contribution in [0.3, 0.4) is 0 Å². The first-order chi connectivity index (χ1) is 6.66. The van der Waals surface area contributed by atoms with Gasteiger partial charge in [0.2, 0.25) is 0 Å². The van der Waals surface area contributed by atoms with Crippen molar-refractivity contribution in [3.8, 4) is 0 Å². The van der Waals surface area contributed by atoms with Crippen molar-refractivity contribution in [1.29, 1.82) is 0 Å². The van der Waals surface area contributed by atoms with Crippen molar-refractivity contribution in [2.45, 2.75) is 19.3 Å². The molecule has 2 N–H and O–H groups in total. The number of aliphatic hydroxyl groups excluding tert-OH is 1.